The van der Waals surface area contributed by atoms with Crippen molar-refractivity contribution in [2.75, 3.05) is 32.2 Å². The third-order valence-electron chi connectivity index (χ3n) is 4.06. The number of amidine groups is 1. The Kier molecular flexibility index (Phi) is 13.1. The SMILES string of the molecule is CCOc1cc(C(Nc2ccc(C(=N)N)cc2)C(=O)NN)ccc1OCCOC.Cl.Cl. The minimum absolute atomic E-state index is 0. The van der Waals surface area contributed by atoms with E-state index in [4.69, 9.17) is 31.2 Å². The standard InChI is InChI=1S/C20H27N5O4.2ClH/c1-3-28-17-12-14(6-9-16(17)29-11-10-27-2)18(20(26)25-23)24-15-7-4-13(5-8-15)19(21)22;;/h4-9,12,18,24H,3,10-11,23H2,1-2H3,(H3,21,22)(H,25,26);2*1H. The molecule has 0 aliphatic rings. The van der Waals surface area contributed by atoms with Crippen molar-refractivity contribution in [3.63, 3.8) is 0 Å². The first-order chi connectivity index (χ1) is 14.0. The van der Waals surface area contributed by atoms with Gasteiger partial charge in [0.2, 0.25) is 0 Å². The molecule has 2 rings (SSSR count). The molecule has 0 fully saturated rings. The number of halogens is 2. The summed E-state index contributed by atoms with van der Waals surface area (Å²) in [6.07, 6.45) is 0. The van der Waals surface area contributed by atoms with Gasteiger partial charge in [0.05, 0.1) is 13.2 Å². The van der Waals surface area contributed by atoms with Gasteiger partial charge in [-0.05, 0) is 48.9 Å². The number of amides is 1. The van der Waals surface area contributed by atoms with Crippen LogP contribution in [-0.2, 0) is 9.53 Å². The highest BCUT2D eigenvalue weighted by Gasteiger charge is 2.22. The molecule has 0 radical (unpaired) electrons. The Labute approximate surface area is 194 Å². The van der Waals surface area contributed by atoms with Gasteiger partial charge in [-0.1, -0.05) is 6.07 Å². The van der Waals surface area contributed by atoms with Crippen LogP contribution in [0.3, 0.4) is 0 Å². The van der Waals surface area contributed by atoms with Gasteiger partial charge < -0.3 is 25.3 Å². The van der Waals surface area contributed by atoms with Gasteiger partial charge >= 0.3 is 0 Å². The summed E-state index contributed by atoms with van der Waals surface area (Å²) in [5, 5.41) is 10.6. The van der Waals surface area contributed by atoms with Crippen LogP contribution >= 0.6 is 24.8 Å². The molecule has 1 unspecified atom stereocenters. The van der Waals surface area contributed by atoms with E-state index in [1.54, 1.807) is 49.6 Å². The number of hydrazine groups is 1. The number of benzene rings is 2. The van der Waals surface area contributed by atoms with Crippen LogP contribution in [0.25, 0.3) is 0 Å². The number of carbonyl (C=O) groups excluding carboxylic acids is 1. The lowest BCUT2D eigenvalue weighted by Crippen LogP contribution is -2.37. The van der Waals surface area contributed by atoms with Gasteiger partial charge in [-0.15, -0.1) is 24.8 Å². The highest BCUT2D eigenvalue weighted by molar-refractivity contribution is 5.95. The van der Waals surface area contributed by atoms with Gasteiger partial charge in [0.15, 0.2) is 11.5 Å². The molecule has 2 aromatic carbocycles. The Morgan fingerprint density at radius 3 is 2.29 bits per heavy atom. The number of nitrogen functional groups attached to an aromatic ring is 1. The summed E-state index contributed by atoms with van der Waals surface area (Å²) in [5.41, 5.74) is 9.56. The zero-order valence-corrected chi connectivity index (χ0v) is 19.0. The fourth-order valence-electron chi connectivity index (χ4n) is 2.62. The van der Waals surface area contributed by atoms with E-state index in [1.807, 2.05) is 6.92 Å². The largest absolute Gasteiger partial charge is 0.490 e. The summed E-state index contributed by atoms with van der Waals surface area (Å²) in [7, 11) is 1.60. The maximum Gasteiger partial charge on any atom is 0.261 e. The lowest BCUT2D eigenvalue weighted by molar-refractivity contribution is -0.122. The fourth-order valence-corrected chi connectivity index (χ4v) is 2.62. The third-order valence-corrected chi connectivity index (χ3v) is 4.06. The third kappa shape index (κ3) is 8.14. The molecule has 0 aliphatic carbocycles. The van der Waals surface area contributed by atoms with E-state index in [2.05, 4.69) is 10.7 Å². The van der Waals surface area contributed by atoms with E-state index in [0.29, 0.717) is 48.1 Å². The van der Waals surface area contributed by atoms with Crippen molar-refractivity contribution in [3.05, 3.63) is 53.6 Å². The fraction of sp³-hybridized carbons (Fsp3) is 0.300. The molecule has 0 bridgehead atoms. The number of nitrogens with one attached hydrogen (secondary N) is 3. The Hall–Kier alpha value is -2.72. The lowest BCUT2D eigenvalue weighted by atomic mass is 10.0. The second kappa shape index (κ2) is 14.3. The summed E-state index contributed by atoms with van der Waals surface area (Å²) >= 11 is 0. The summed E-state index contributed by atoms with van der Waals surface area (Å²) in [6, 6.07) is 11.3. The Bertz CT molecular complexity index is 837. The van der Waals surface area contributed by atoms with Crippen molar-refractivity contribution in [2.45, 2.75) is 13.0 Å². The van der Waals surface area contributed by atoms with Crippen LogP contribution in [0, 0.1) is 5.41 Å². The summed E-state index contributed by atoms with van der Waals surface area (Å²) in [4.78, 5) is 12.4. The predicted octanol–water partition coefficient (Wildman–Crippen LogP) is 2.38. The molecule has 172 valence electrons. The second-order valence-corrected chi connectivity index (χ2v) is 6.06. The van der Waals surface area contributed by atoms with E-state index < -0.39 is 11.9 Å². The predicted molar refractivity (Wildman–Crippen MR) is 126 cm³/mol. The second-order valence-electron chi connectivity index (χ2n) is 6.06. The van der Waals surface area contributed by atoms with Crippen molar-refractivity contribution in [1.29, 1.82) is 5.41 Å². The van der Waals surface area contributed by atoms with E-state index in [9.17, 15) is 4.79 Å². The molecule has 1 amide bonds. The molecule has 0 saturated carbocycles. The molecular weight excluding hydrogens is 445 g/mol. The molecule has 0 aliphatic heterocycles. The first-order valence-electron chi connectivity index (χ1n) is 9.10. The Balaban J connectivity index is 0.00000450. The minimum atomic E-state index is -0.768. The normalized spacial score (nSPS) is 10.7. The average molecular weight is 474 g/mol. The molecule has 11 heteroatoms. The maximum absolute atomic E-state index is 12.4. The molecule has 2 aromatic rings. The summed E-state index contributed by atoms with van der Waals surface area (Å²) < 4.78 is 16.3. The van der Waals surface area contributed by atoms with Gasteiger partial charge in [-0.2, -0.15) is 0 Å². The maximum atomic E-state index is 12.4. The molecule has 0 spiro atoms. The number of methoxy groups -OCH3 is 1. The zero-order chi connectivity index (χ0) is 21.2. The summed E-state index contributed by atoms with van der Waals surface area (Å²) in [5.74, 6) is 6.01. The number of hydrogen-bond donors (Lipinski definition) is 5. The lowest BCUT2D eigenvalue weighted by Gasteiger charge is -2.21. The summed E-state index contributed by atoms with van der Waals surface area (Å²) in [6.45, 7) is 3.13. The van der Waals surface area contributed by atoms with Gasteiger partial charge in [0.25, 0.3) is 5.91 Å². The quantitative estimate of drug-likeness (QED) is 0.0840. The Morgan fingerprint density at radius 1 is 1.06 bits per heavy atom. The van der Waals surface area contributed by atoms with Crippen molar-refractivity contribution in [3.8, 4) is 11.5 Å². The number of carbonyl (C=O) groups is 1. The van der Waals surface area contributed by atoms with Gasteiger partial charge in [-0.25, -0.2) is 5.84 Å². The molecule has 1 atom stereocenters. The molecular formula is C20H29Cl2N5O4. The van der Waals surface area contributed by atoms with Crippen LogP contribution in [0.4, 0.5) is 5.69 Å². The van der Waals surface area contributed by atoms with Crippen molar-refractivity contribution >= 4 is 42.2 Å². The number of rotatable bonds is 11. The number of nitrogens with two attached hydrogens (primary N) is 2. The molecule has 7 N–H and O–H groups in total. The van der Waals surface area contributed by atoms with Crippen molar-refractivity contribution in [1.82, 2.24) is 5.43 Å². The topological polar surface area (TPSA) is 145 Å². The first kappa shape index (κ1) is 28.3. The highest BCUT2D eigenvalue weighted by atomic mass is 35.5. The van der Waals surface area contributed by atoms with Gasteiger partial charge in [0, 0.05) is 18.4 Å². The van der Waals surface area contributed by atoms with E-state index in [1.165, 1.54) is 0 Å². The van der Waals surface area contributed by atoms with E-state index in [-0.39, 0.29) is 30.6 Å². The van der Waals surface area contributed by atoms with E-state index in [0.717, 1.165) is 0 Å². The first-order valence-corrected chi connectivity index (χ1v) is 9.10. The zero-order valence-electron chi connectivity index (χ0n) is 17.3. The number of anilines is 1. The van der Waals surface area contributed by atoms with Crippen LogP contribution in [0.5, 0.6) is 11.5 Å². The van der Waals surface area contributed by atoms with Crippen LogP contribution in [0.1, 0.15) is 24.1 Å². The van der Waals surface area contributed by atoms with Crippen LogP contribution in [0.2, 0.25) is 0 Å². The van der Waals surface area contributed by atoms with Crippen LogP contribution in [-0.4, -0.2) is 38.7 Å². The highest BCUT2D eigenvalue weighted by Crippen LogP contribution is 2.32. The van der Waals surface area contributed by atoms with Gasteiger partial charge in [-0.3, -0.25) is 15.6 Å². The van der Waals surface area contributed by atoms with Crippen molar-refractivity contribution in [2.24, 2.45) is 11.6 Å². The molecule has 0 aromatic heterocycles. The smallest absolute Gasteiger partial charge is 0.261 e. The molecule has 0 heterocycles. The molecule has 31 heavy (non-hydrogen) atoms. The van der Waals surface area contributed by atoms with Crippen LogP contribution < -0.4 is 31.8 Å². The Morgan fingerprint density at radius 2 is 1.74 bits per heavy atom. The van der Waals surface area contributed by atoms with Crippen LogP contribution in [0.15, 0.2) is 42.5 Å². The minimum Gasteiger partial charge on any atom is -0.490 e. The number of ether oxygens (including phenoxy) is 3. The van der Waals surface area contributed by atoms with Crippen molar-refractivity contribution < 1.29 is 19.0 Å². The molecule has 0 saturated heterocycles. The van der Waals surface area contributed by atoms with E-state index >= 15 is 0 Å². The average Bonchev–Trinajstić information content (AvgIpc) is 2.73. The van der Waals surface area contributed by atoms with Gasteiger partial charge in [0.1, 0.15) is 18.5 Å². The number of hydrogen-bond acceptors (Lipinski definition) is 7. The molecule has 9 nitrogen and oxygen atoms in total. The monoisotopic (exact) mass is 473 g/mol.